The molecule has 11 heavy (non-hydrogen) atoms. The molecule has 1 saturated carbocycles. The van der Waals surface area contributed by atoms with Crippen molar-refractivity contribution in [3.63, 3.8) is 0 Å². The van der Waals surface area contributed by atoms with E-state index < -0.39 is 0 Å². The van der Waals surface area contributed by atoms with E-state index in [1.54, 1.807) is 0 Å². The van der Waals surface area contributed by atoms with Crippen molar-refractivity contribution in [2.75, 3.05) is 6.54 Å². The molecule has 0 spiro atoms. The SMILES string of the molecule is CC(O)CCCNC1CCC1. The molecule has 1 unspecified atom stereocenters. The predicted molar refractivity (Wildman–Crippen MR) is 46.6 cm³/mol. The third-order valence-electron chi connectivity index (χ3n) is 2.34. The summed E-state index contributed by atoms with van der Waals surface area (Å²) in [6, 6.07) is 0.795. The second kappa shape index (κ2) is 4.73. The van der Waals surface area contributed by atoms with Crippen molar-refractivity contribution in [2.45, 2.75) is 51.2 Å². The quantitative estimate of drug-likeness (QED) is 0.589. The molecule has 2 N–H and O–H groups in total. The van der Waals surface area contributed by atoms with Crippen LogP contribution in [0.5, 0.6) is 0 Å². The van der Waals surface area contributed by atoms with Crippen LogP contribution < -0.4 is 5.32 Å². The van der Waals surface area contributed by atoms with Crippen molar-refractivity contribution >= 4 is 0 Å². The molecule has 1 fully saturated rings. The summed E-state index contributed by atoms with van der Waals surface area (Å²) in [6.07, 6.45) is 6.02. The molecule has 2 nitrogen and oxygen atoms in total. The highest BCUT2D eigenvalue weighted by Crippen LogP contribution is 2.17. The van der Waals surface area contributed by atoms with Gasteiger partial charge in [-0.15, -0.1) is 0 Å². The molecule has 0 radical (unpaired) electrons. The Hall–Kier alpha value is -0.0800. The smallest absolute Gasteiger partial charge is 0.0512 e. The largest absolute Gasteiger partial charge is 0.393 e. The van der Waals surface area contributed by atoms with Gasteiger partial charge in [0.05, 0.1) is 6.10 Å². The zero-order valence-corrected chi connectivity index (χ0v) is 7.34. The Morgan fingerprint density at radius 1 is 1.55 bits per heavy atom. The van der Waals surface area contributed by atoms with Gasteiger partial charge in [0.2, 0.25) is 0 Å². The molecular formula is C9H19NO. The summed E-state index contributed by atoms with van der Waals surface area (Å²) in [5.41, 5.74) is 0. The number of hydrogen-bond donors (Lipinski definition) is 2. The summed E-state index contributed by atoms with van der Waals surface area (Å²) < 4.78 is 0. The third kappa shape index (κ3) is 3.73. The fourth-order valence-corrected chi connectivity index (χ4v) is 1.32. The summed E-state index contributed by atoms with van der Waals surface area (Å²) in [4.78, 5) is 0. The van der Waals surface area contributed by atoms with Crippen LogP contribution in [0.3, 0.4) is 0 Å². The van der Waals surface area contributed by atoms with Crippen molar-refractivity contribution < 1.29 is 5.11 Å². The summed E-state index contributed by atoms with van der Waals surface area (Å²) in [5.74, 6) is 0. The van der Waals surface area contributed by atoms with Gasteiger partial charge in [-0.2, -0.15) is 0 Å². The van der Waals surface area contributed by atoms with Gasteiger partial charge < -0.3 is 10.4 Å². The molecule has 0 bridgehead atoms. The summed E-state index contributed by atoms with van der Waals surface area (Å²) in [7, 11) is 0. The minimum Gasteiger partial charge on any atom is -0.393 e. The van der Waals surface area contributed by atoms with Crippen LogP contribution in [0.1, 0.15) is 39.0 Å². The molecule has 0 amide bonds. The molecule has 0 heterocycles. The number of rotatable bonds is 5. The third-order valence-corrected chi connectivity index (χ3v) is 2.34. The van der Waals surface area contributed by atoms with Gasteiger partial charge in [-0.05, 0) is 39.2 Å². The molecule has 0 aromatic heterocycles. The molecule has 0 saturated heterocycles. The maximum absolute atomic E-state index is 8.96. The number of hydrogen-bond acceptors (Lipinski definition) is 2. The first-order valence-electron chi connectivity index (χ1n) is 4.70. The minimum absolute atomic E-state index is 0.127. The maximum atomic E-state index is 8.96. The zero-order chi connectivity index (χ0) is 8.10. The van der Waals surface area contributed by atoms with Crippen LogP contribution in [-0.2, 0) is 0 Å². The van der Waals surface area contributed by atoms with E-state index >= 15 is 0 Å². The first kappa shape index (κ1) is 9.01. The van der Waals surface area contributed by atoms with Gasteiger partial charge in [-0.25, -0.2) is 0 Å². The van der Waals surface area contributed by atoms with Gasteiger partial charge in [0.1, 0.15) is 0 Å². The van der Waals surface area contributed by atoms with Crippen molar-refractivity contribution in [1.29, 1.82) is 0 Å². The van der Waals surface area contributed by atoms with Gasteiger partial charge >= 0.3 is 0 Å². The van der Waals surface area contributed by atoms with Crippen LogP contribution in [0.25, 0.3) is 0 Å². The van der Waals surface area contributed by atoms with Gasteiger partial charge in [0.15, 0.2) is 0 Å². The molecule has 1 aliphatic carbocycles. The predicted octanol–water partition coefficient (Wildman–Crippen LogP) is 1.29. The normalized spacial score (nSPS) is 21.3. The van der Waals surface area contributed by atoms with Crippen LogP contribution in [-0.4, -0.2) is 23.8 Å². The fourth-order valence-electron chi connectivity index (χ4n) is 1.32. The second-order valence-corrected chi connectivity index (χ2v) is 3.57. The Balaban J connectivity index is 1.80. The maximum Gasteiger partial charge on any atom is 0.0512 e. The number of aliphatic hydroxyl groups is 1. The Kier molecular flexibility index (Phi) is 3.87. The van der Waals surface area contributed by atoms with Crippen molar-refractivity contribution in [3.8, 4) is 0 Å². The fraction of sp³-hybridized carbons (Fsp3) is 1.00. The Morgan fingerprint density at radius 2 is 2.27 bits per heavy atom. The molecule has 1 atom stereocenters. The number of nitrogens with one attached hydrogen (secondary N) is 1. The molecule has 0 aromatic carbocycles. The van der Waals surface area contributed by atoms with Gasteiger partial charge in [0, 0.05) is 6.04 Å². The van der Waals surface area contributed by atoms with E-state index in [4.69, 9.17) is 5.11 Å². The summed E-state index contributed by atoms with van der Waals surface area (Å²) in [5, 5.41) is 12.4. The molecule has 0 aromatic rings. The van der Waals surface area contributed by atoms with E-state index in [1.165, 1.54) is 19.3 Å². The standard InChI is InChI=1S/C9H19NO/c1-8(11)4-3-7-10-9-5-2-6-9/h8-11H,2-7H2,1H3. The molecule has 66 valence electrons. The van der Waals surface area contributed by atoms with E-state index in [1.807, 2.05) is 6.92 Å². The summed E-state index contributed by atoms with van der Waals surface area (Å²) in [6.45, 7) is 2.93. The lowest BCUT2D eigenvalue weighted by Gasteiger charge is -2.26. The lowest BCUT2D eigenvalue weighted by atomic mass is 9.93. The first-order chi connectivity index (χ1) is 5.29. The van der Waals surface area contributed by atoms with Crippen LogP contribution in [0.4, 0.5) is 0 Å². The Morgan fingerprint density at radius 3 is 2.73 bits per heavy atom. The molecule has 1 rings (SSSR count). The van der Waals surface area contributed by atoms with Crippen molar-refractivity contribution in [2.24, 2.45) is 0 Å². The Labute approximate surface area is 69.0 Å². The van der Waals surface area contributed by atoms with E-state index in [-0.39, 0.29) is 6.10 Å². The lowest BCUT2D eigenvalue weighted by molar-refractivity contribution is 0.180. The van der Waals surface area contributed by atoms with E-state index in [2.05, 4.69) is 5.32 Å². The monoisotopic (exact) mass is 157 g/mol. The van der Waals surface area contributed by atoms with E-state index in [9.17, 15) is 0 Å². The average molecular weight is 157 g/mol. The molecule has 0 aliphatic heterocycles. The van der Waals surface area contributed by atoms with Gasteiger partial charge in [0.25, 0.3) is 0 Å². The van der Waals surface area contributed by atoms with Crippen molar-refractivity contribution in [3.05, 3.63) is 0 Å². The number of aliphatic hydroxyl groups excluding tert-OH is 1. The molecular weight excluding hydrogens is 138 g/mol. The molecule has 2 heteroatoms. The van der Waals surface area contributed by atoms with Crippen molar-refractivity contribution in [1.82, 2.24) is 5.32 Å². The van der Waals surface area contributed by atoms with E-state index in [0.717, 1.165) is 25.4 Å². The summed E-state index contributed by atoms with van der Waals surface area (Å²) >= 11 is 0. The second-order valence-electron chi connectivity index (χ2n) is 3.57. The van der Waals surface area contributed by atoms with Crippen LogP contribution in [0.15, 0.2) is 0 Å². The average Bonchev–Trinajstić information content (AvgIpc) is 1.82. The van der Waals surface area contributed by atoms with Crippen LogP contribution >= 0.6 is 0 Å². The highest BCUT2D eigenvalue weighted by atomic mass is 16.3. The topological polar surface area (TPSA) is 32.3 Å². The highest BCUT2D eigenvalue weighted by molar-refractivity contribution is 4.75. The minimum atomic E-state index is -0.127. The van der Waals surface area contributed by atoms with Gasteiger partial charge in [-0.3, -0.25) is 0 Å². The van der Waals surface area contributed by atoms with Crippen LogP contribution in [0, 0.1) is 0 Å². The van der Waals surface area contributed by atoms with E-state index in [0.29, 0.717) is 0 Å². The highest BCUT2D eigenvalue weighted by Gasteiger charge is 2.15. The zero-order valence-electron chi connectivity index (χ0n) is 7.34. The van der Waals surface area contributed by atoms with Gasteiger partial charge in [-0.1, -0.05) is 6.42 Å². The molecule has 1 aliphatic rings. The van der Waals surface area contributed by atoms with Crippen LogP contribution in [0.2, 0.25) is 0 Å². The first-order valence-corrected chi connectivity index (χ1v) is 4.70. The lowest BCUT2D eigenvalue weighted by Crippen LogP contribution is -2.35. The Bertz CT molecular complexity index is 99.7.